The lowest BCUT2D eigenvalue weighted by molar-refractivity contribution is 1.54. The molecule has 0 amide bonds. The number of rotatable bonds is 1. The maximum atomic E-state index is 2.19. The molecule has 0 heterocycles. The van der Waals surface area contributed by atoms with Crippen molar-refractivity contribution in [2.75, 3.05) is 12.0 Å². The van der Waals surface area contributed by atoms with Gasteiger partial charge in [-0.05, 0) is 12.0 Å². The van der Waals surface area contributed by atoms with Gasteiger partial charge in [0.25, 0.3) is 0 Å². The van der Waals surface area contributed by atoms with Gasteiger partial charge >= 0.3 is 0 Å². The summed E-state index contributed by atoms with van der Waals surface area (Å²) in [7, 11) is 3.05. The van der Waals surface area contributed by atoms with Gasteiger partial charge in [0.05, 0.1) is 0 Å². The molecule has 0 aliphatic carbocycles. The van der Waals surface area contributed by atoms with E-state index < -0.39 is 0 Å². The van der Waals surface area contributed by atoms with E-state index in [-0.39, 0.29) is 0 Å². The van der Waals surface area contributed by atoms with Gasteiger partial charge in [-0.3, -0.25) is 0 Å². The standard InChI is InChI=1S/C3H10S2/c1-3-5-4-2/h4-5H,3H2,1-2H3. The summed E-state index contributed by atoms with van der Waals surface area (Å²) in [4.78, 5) is 0. The van der Waals surface area contributed by atoms with Crippen molar-refractivity contribution in [1.82, 2.24) is 0 Å². The summed E-state index contributed by atoms with van der Waals surface area (Å²) in [6.45, 7) is 2.19. The fourth-order valence-electron chi connectivity index (χ4n) is 0.141. The summed E-state index contributed by atoms with van der Waals surface area (Å²) in [6, 6.07) is 0. The molecule has 0 radical (unpaired) electrons. The lowest BCUT2D eigenvalue weighted by Gasteiger charge is -1.68. The van der Waals surface area contributed by atoms with Gasteiger partial charge in [0.1, 0.15) is 0 Å². The van der Waals surface area contributed by atoms with Crippen molar-refractivity contribution in [3.8, 4) is 0 Å². The average molecular weight is 110 g/mol. The van der Waals surface area contributed by atoms with Crippen molar-refractivity contribution in [1.29, 1.82) is 0 Å². The molecule has 0 saturated carbocycles. The van der Waals surface area contributed by atoms with Crippen molar-refractivity contribution in [3.63, 3.8) is 0 Å². The van der Waals surface area contributed by atoms with E-state index >= 15 is 0 Å². The van der Waals surface area contributed by atoms with E-state index in [1.54, 1.807) is 10.3 Å². The molecule has 0 aliphatic rings. The van der Waals surface area contributed by atoms with Gasteiger partial charge in [-0.15, -0.1) is 0 Å². The Bertz CT molecular complexity index is 31.9. The summed E-state index contributed by atoms with van der Waals surface area (Å²) >= 11 is 0. The van der Waals surface area contributed by atoms with Gasteiger partial charge in [0.15, 0.2) is 0 Å². The van der Waals surface area contributed by atoms with Gasteiger partial charge in [0.2, 0.25) is 0 Å². The third-order valence-electron chi connectivity index (χ3n) is 0.283. The van der Waals surface area contributed by atoms with E-state index in [1.165, 1.54) is 16.1 Å². The van der Waals surface area contributed by atoms with Crippen LogP contribution >= 0.6 is 0 Å². The van der Waals surface area contributed by atoms with Crippen molar-refractivity contribution in [2.45, 2.75) is 6.92 Å². The van der Waals surface area contributed by atoms with Gasteiger partial charge < -0.3 is 0 Å². The summed E-state index contributed by atoms with van der Waals surface area (Å²) in [5.74, 6) is 1.30. The molecule has 0 nitrogen and oxygen atoms in total. The van der Waals surface area contributed by atoms with E-state index in [9.17, 15) is 0 Å². The quantitative estimate of drug-likeness (QED) is 0.442. The highest BCUT2D eigenvalue weighted by Gasteiger charge is 1.49. The molecule has 5 heavy (non-hydrogen) atoms. The summed E-state index contributed by atoms with van der Waals surface area (Å²) in [5.41, 5.74) is 0. The molecule has 0 aromatic carbocycles. The Balaban J connectivity index is 2.62. The molecule has 0 spiro atoms. The van der Waals surface area contributed by atoms with Crippen molar-refractivity contribution in [3.05, 3.63) is 0 Å². The fourth-order valence-corrected chi connectivity index (χ4v) is 1.27. The first-order chi connectivity index (χ1) is 2.41. The Hall–Kier alpha value is 0.700. The van der Waals surface area contributed by atoms with Gasteiger partial charge in [-0.25, -0.2) is 0 Å². The molecule has 2 heteroatoms. The van der Waals surface area contributed by atoms with Gasteiger partial charge in [-0.2, -0.15) is 20.6 Å². The van der Waals surface area contributed by atoms with Crippen LogP contribution in [0.3, 0.4) is 0 Å². The van der Waals surface area contributed by atoms with Crippen LogP contribution in [-0.2, 0) is 20.6 Å². The van der Waals surface area contributed by atoms with Crippen LogP contribution in [0.25, 0.3) is 0 Å². The van der Waals surface area contributed by atoms with Crippen molar-refractivity contribution >= 4 is 20.6 Å². The number of thiol groups is 2. The predicted molar refractivity (Wildman–Crippen MR) is 34.0 cm³/mol. The molecule has 0 aliphatic heterocycles. The van der Waals surface area contributed by atoms with Gasteiger partial charge in [0, 0.05) is 0 Å². The average Bonchev–Trinajstić information content (AvgIpc) is 1.41. The predicted octanol–water partition coefficient (Wildman–Crippen LogP) is 0.181. The highest BCUT2D eigenvalue weighted by Crippen LogP contribution is 1.53. The first-order valence-corrected chi connectivity index (χ1v) is 4.80. The minimum Gasteiger partial charge on any atom is -0.183 e. The molecule has 0 saturated heterocycles. The zero-order valence-corrected chi connectivity index (χ0v) is 5.39. The van der Waals surface area contributed by atoms with E-state index in [0.717, 1.165) is 0 Å². The van der Waals surface area contributed by atoms with E-state index in [2.05, 4.69) is 13.2 Å². The molecular weight excluding hydrogens is 100 g/mol. The molecule has 0 unspecified atom stereocenters. The smallest absolute Gasteiger partial charge is 0.0126 e. The van der Waals surface area contributed by atoms with Crippen LogP contribution in [0.2, 0.25) is 0 Å². The largest absolute Gasteiger partial charge is 0.183 e. The normalized spacial score (nSPS) is 13.2. The molecule has 0 atom stereocenters. The lowest BCUT2D eigenvalue weighted by Crippen LogP contribution is -1.65. The van der Waals surface area contributed by atoms with Gasteiger partial charge in [-0.1, -0.05) is 6.92 Å². The second-order valence-corrected chi connectivity index (χ2v) is 4.02. The Kier molecular flexibility index (Phi) is 5.36. The summed E-state index contributed by atoms with van der Waals surface area (Å²) in [6.07, 6.45) is 2.17. The van der Waals surface area contributed by atoms with E-state index in [4.69, 9.17) is 0 Å². The molecule has 0 rings (SSSR count). The topological polar surface area (TPSA) is 0 Å². The fraction of sp³-hybridized carbons (Fsp3) is 1.00. The Morgan fingerprint density at radius 2 is 2.20 bits per heavy atom. The molecule has 0 fully saturated rings. The van der Waals surface area contributed by atoms with Crippen LogP contribution in [0.4, 0.5) is 0 Å². The lowest BCUT2D eigenvalue weighted by atomic mass is 11.0. The minimum atomic E-state index is 1.30. The molecule has 0 bridgehead atoms. The molecule has 34 valence electrons. The van der Waals surface area contributed by atoms with Crippen molar-refractivity contribution in [2.24, 2.45) is 0 Å². The van der Waals surface area contributed by atoms with E-state index in [1.807, 2.05) is 0 Å². The summed E-state index contributed by atoms with van der Waals surface area (Å²) < 4.78 is 0. The first kappa shape index (κ1) is 5.70. The number of hydrogen-bond acceptors (Lipinski definition) is 0. The third kappa shape index (κ3) is 4.70. The highest BCUT2D eigenvalue weighted by molar-refractivity contribution is 8.26. The van der Waals surface area contributed by atoms with Crippen LogP contribution in [0.15, 0.2) is 0 Å². The zero-order chi connectivity index (χ0) is 4.12. The SMILES string of the molecule is CC[SH]=[SH]C. The highest BCUT2D eigenvalue weighted by atomic mass is 32.8. The van der Waals surface area contributed by atoms with Crippen LogP contribution in [0.5, 0.6) is 0 Å². The van der Waals surface area contributed by atoms with Crippen LogP contribution < -0.4 is 0 Å². The molecular formula is C3H10S2. The Labute approximate surface area is 40.2 Å². The minimum absolute atomic E-state index is 1.30. The monoisotopic (exact) mass is 110 g/mol. The summed E-state index contributed by atoms with van der Waals surface area (Å²) in [5, 5.41) is 0. The van der Waals surface area contributed by atoms with Crippen molar-refractivity contribution < 1.29 is 0 Å². The Morgan fingerprint density at radius 1 is 1.60 bits per heavy atom. The van der Waals surface area contributed by atoms with Crippen LogP contribution in [0, 0.1) is 0 Å². The second-order valence-electron chi connectivity index (χ2n) is 0.658. The zero-order valence-electron chi connectivity index (χ0n) is 3.60. The number of hydrogen-bond donors (Lipinski definition) is 2. The van der Waals surface area contributed by atoms with Crippen LogP contribution in [-0.4, -0.2) is 12.0 Å². The Morgan fingerprint density at radius 3 is 2.20 bits per heavy atom. The maximum Gasteiger partial charge on any atom is -0.0126 e. The molecule has 0 aromatic rings. The molecule has 0 aromatic heterocycles. The first-order valence-electron chi connectivity index (χ1n) is 1.67. The van der Waals surface area contributed by atoms with E-state index in [0.29, 0.717) is 0 Å². The maximum absolute atomic E-state index is 2.19. The van der Waals surface area contributed by atoms with Crippen LogP contribution in [0.1, 0.15) is 6.92 Å². The third-order valence-corrected chi connectivity index (χ3v) is 2.55. The second kappa shape index (κ2) is 4.70. The molecule has 0 N–H and O–H groups in total.